The second-order valence-electron chi connectivity index (χ2n) is 8.54. The summed E-state index contributed by atoms with van der Waals surface area (Å²) in [5.41, 5.74) is 1.19. The molecule has 0 saturated carbocycles. The number of pyridine rings is 1. The van der Waals surface area contributed by atoms with Gasteiger partial charge in [-0.25, -0.2) is 13.8 Å². The Balaban J connectivity index is 1.37. The average molecular weight is 542 g/mol. The highest BCUT2D eigenvalue weighted by atomic mass is 19.1. The number of aromatic nitrogens is 2. The van der Waals surface area contributed by atoms with Crippen LogP contribution in [0.4, 0.5) is 14.5 Å². The van der Waals surface area contributed by atoms with Crippen LogP contribution in [0.1, 0.15) is 21.9 Å². The van der Waals surface area contributed by atoms with E-state index in [1.54, 1.807) is 25.3 Å². The first-order valence-electron chi connectivity index (χ1n) is 11.9. The van der Waals surface area contributed by atoms with E-state index in [0.29, 0.717) is 28.5 Å². The summed E-state index contributed by atoms with van der Waals surface area (Å²) in [6.45, 7) is 1.68. The SMILES string of the molecule is Cc1ccc(C(=O)Nc2ccc(OC3=CC(c4ncco4)=CN/C3=C\C=N)c(F)c2)c(=O)n1-c1ccc(F)cc1. The number of nitrogens with one attached hydrogen (secondary N) is 3. The second kappa shape index (κ2) is 11.0. The largest absolute Gasteiger partial charge is 0.452 e. The van der Waals surface area contributed by atoms with Crippen molar-refractivity contribution in [3.8, 4) is 11.4 Å². The lowest BCUT2D eigenvalue weighted by atomic mass is 10.1. The van der Waals surface area contributed by atoms with Crippen LogP contribution in [-0.2, 0) is 0 Å². The predicted molar refractivity (Wildman–Crippen MR) is 144 cm³/mol. The molecule has 11 heteroatoms. The average Bonchev–Trinajstić information content (AvgIpc) is 3.47. The number of anilines is 1. The molecule has 0 fully saturated rings. The molecule has 1 aliphatic rings. The number of nitrogens with zero attached hydrogens (tertiary/aromatic N) is 2. The number of ether oxygens (including phenoxy) is 1. The summed E-state index contributed by atoms with van der Waals surface area (Å²) in [6.07, 6.45) is 8.56. The van der Waals surface area contributed by atoms with E-state index in [1.807, 2.05) is 0 Å². The number of allylic oxidation sites excluding steroid dienone is 3. The molecule has 3 N–H and O–H groups in total. The van der Waals surface area contributed by atoms with Crippen molar-refractivity contribution >= 4 is 23.4 Å². The Morgan fingerprint density at radius 2 is 1.95 bits per heavy atom. The fraction of sp³-hybridized carbons (Fsp3) is 0.0345. The lowest BCUT2D eigenvalue weighted by Gasteiger charge is -2.18. The van der Waals surface area contributed by atoms with Crippen molar-refractivity contribution in [2.75, 3.05) is 5.32 Å². The maximum atomic E-state index is 15.1. The van der Waals surface area contributed by atoms with Gasteiger partial charge in [0.15, 0.2) is 17.3 Å². The summed E-state index contributed by atoms with van der Waals surface area (Å²) in [7, 11) is 0. The number of dihydropyridines is 1. The van der Waals surface area contributed by atoms with Crippen molar-refractivity contribution in [2.45, 2.75) is 6.92 Å². The number of hydrogen-bond acceptors (Lipinski definition) is 7. The molecule has 5 rings (SSSR count). The van der Waals surface area contributed by atoms with Gasteiger partial charge in [0, 0.05) is 35.5 Å². The molecule has 0 saturated heterocycles. The molecular weight excluding hydrogens is 520 g/mol. The molecule has 0 unspecified atom stereocenters. The summed E-state index contributed by atoms with van der Waals surface area (Å²) in [5.74, 6) is -1.61. The molecule has 4 aromatic rings. The fourth-order valence-electron chi connectivity index (χ4n) is 3.97. The highest BCUT2D eigenvalue weighted by Crippen LogP contribution is 2.28. The van der Waals surface area contributed by atoms with E-state index in [-0.39, 0.29) is 22.8 Å². The van der Waals surface area contributed by atoms with E-state index in [4.69, 9.17) is 14.6 Å². The van der Waals surface area contributed by atoms with Crippen LogP contribution in [0.25, 0.3) is 11.3 Å². The minimum atomic E-state index is -0.784. The van der Waals surface area contributed by atoms with Gasteiger partial charge in [0.1, 0.15) is 17.6 Å². The number of halogens is 2. The monoisotopic (exact) mass is 541 g/mol. The summed E-state index contributed by atoms with van der Waals surface area (Å²) >= 11 is 0. The van der Waals surface area contributed by atoms with E-state index in [1.165, 1.54) is 65.6 Å². The van der Waals surface area contributed by atoms with Crippen LogP contribution in [-0.4, -0.2) is 21.7 Å². The molecule has 9 nitrogen and oxygen atoms in total. The number of carbonyl (C=O) groups is 1. The summed E-state index contributed by atoms with van der Waals surface area (Å²) in [4.78, 5) is 30.1. The van der Waals surface area contributed by atoms with Crippen molar-refractivity contribution in [3.05, 3.63) is 136 Å². The zero-order chi connectivity index (χ0) is 28.2. The molecule has 2 aromatic carbocycles. The highest BCUT2D eigenvalue weighted by Gasteiger charge is 2.19. The maximum Gasteiger partial charge on any atom is 0.268 e. The van der Waals surface area contributed by atoms with Crippen molar-refractivity contribution in [1.29, 1.82) is 5.41 Å². The number of carbonyl (C=O) groups excluding carboxylic acids is 1. The normalized spacial score (nSPS) is 13.7. The zero-order valence-corrected chi connectivity index (χ0v) is 20.9. The van der Waals surface area contributed by atoms with E-state index >= 15 is 4.39 Å². The summed E-state index contributed by atoms with van der Waals surface area (Å²) in [5, 5.41) is 12.9. The summed E-state index contributed by atoms with van der Waals surface area (Å²) < 4.78 is 40.8. The maximum absolute atomic E-state index is 15.1. The molecule has 200 valence electrons. The molecule has 3 heterocycles. The van der Waals surface area contributed by atoms with Gasteiger partial charge in [-0.2, -0.15) is 0 Å². The highest BCUT2D eigenvalue weighted by molar-refractivity contribution is 6.04. The van der Waals surface area contributed by atoms with E-state index in [9.17, 15) is 14.0 Å². The van der Waals surface area contributed by atoms with E-state index < -0.39 is 23.1 Å². The van der Waals surface area contributed by atoms with Crippen molar-refractivity contribution in [3.63, 3.8) is 0 Å². The zero-order valence-electron chi connectivity index (χ0n) is 20.9. The number of amides is 1. The first kappa shape index (κ1) is 26.0. The van der Waals surface area contributed by atoms with Crippen LogP contribution in [0.3, 0.4) is 0 Å². The lowest BCUT2D eigenvalue weighted by molar-refractivity contribution is 0.102. The number of hydrogen-bond donors (Lipinski definition) is 3. The Kier molecular flexibility index (Phi) is 7.18. The minimum Gasteiger partial charge on any atom is -0.452 e. The molecule has 40 heavy (non-hydrogen) atoms. The standard InChI is InChI=1S/C29H21F2N5O4/c1-17-2-8-22(29(38)36(17)21-6-3-19(30)4-7-21)27(37)35-20-5-9-25(23(31)15-20)40-26-14-18(28-33-12-13-39-28)16-34-24(26)10-11-32/h2-16,32,34H,1H3,(H,35,37)/b24-10-,32-11?. The number of oxazole rings is 1. The van der Waals surface area contributed by atoms with Gasteiger partial charge in [-0.3, -0.25) is 14.2 Å². The number of rotatable bonds is 7. The molecule has 0 bridgehead atoms. The molecule has 0 spiro atoms. The first-order valence-corrected chi connectivity index (χ1v) is 11.9. The molecule has 2 aromatic heterocycles. The summed E-state index contributed by atoms with van der Waals surface area (Å²) in [6, 6.07) is 12.1. The first-order chi connectivity index (χ1) is 19.3. The van der Waals surface area contributed by atoms with Gasteiger partial charge in [0.2, 0.25) is 5.89 Å². The Labute approximate surface area is 226 Å². The smallest absolute Gasteiger partial charge is 0.268 e. The van der Waals surface area contributed by atoms with E-state index in [2.05, 4.69) is 15.6 Å². The van der Waals surface area contributed by atoms with Crippen LogP contribution in [0.5, 0.6) is 5.75 Å². The van der Waals surface area contributed by atoms with Crippen LogP contribution < -0.4 is 20.9 Å². The third kappa shape index (κ3) is 5.34. The van der Waals surface area contributed by atoms with Gasteiger partial charge in [0.25, 0.3) is 11.5 Å². The van der Waals surface area contributed by atoms with Crippen molar-refractivity contribution in [1.82, 2.24) is 14.9 Å². The van der Waals surface area contributed by atoms with Crippen molar-refractivity contribution in [2.24, 2.45) is 0 Å². The van der Waals surface area contributed by atoms with Gasteiger partial charge in [0.05, 0.1) is 17.5 Å². The topological polar surface area (TPSA) is 122 Å². The predicted octanol–water partition coefficient (Wildman–Crippen LogP) is 5.10. The quantitative estimate of drug-likeness (QED) is 0.280. The van der Waals surface area contributed by atoms with Crippen LogP contribution in [0.2, 0.25) is 0 Å². The molecule has 0 radical (unpaired) electrons. The number of benzene rings is 2. The van der Waals surface area contributed by atoms with Gasteiger partial charge < -0.3 is 25.2 Å². The van der Waals surface area contributed by atoms with Gasteiger partial charge >= 0.3 is 0 Å². The molecule has 1 amide bonds. The molecular formula is C29H21F2N5O4. The van der Waals surface area contributed by atoms with Crippen molar-refractivity contribution < 1.29 is 22.7 Å². The minimum absolute atomic E-state index is 0.0922. The third-order valence-corrected chi connectivity index (χ3v) is 5.88. The Hall–Kier alpha value is -5.58. The second-order valence-corrected chi connectivity index (χ2v) is 8.54. The van der Waals surface area contributed by atoms with Crippen LogP contribution in [0, 0.1) is 24.0 Å². The Morgan fingerprint density at radius 3 is 2.65 bits per heavy atom. The lowest BCUT2D eigenvalue weighted by Crippen LogP contribution is -2.29. The molecule has 0 atom stereocenters. The fourth-order valence-corrected chi connectivity index (χ4v) is 3.97. The van der Waals surface area contributed by atoms with Crippen LogP contribution in [0.15, 0.2) is 106 Å². The van der Waals surface area contributed by atoms with Gasteiger partial charge in [-0.05, 0) is 67.6 Å². The van der Waals surface area contributed by atoms with Crippen LogP contribution >= 0.6 is 0 Å². The Bertz CT molecular complexity index is 1750. The Morgan fingerprint density at radius 1 is 1.15 bits per heavy atom. The number of aryl methyl sites for hydroxylation is 1. The van der Waals surface area contributed by atoms with Gasteiger partial charge in [-0.1, -0.05) is 0 Å². The molecule has 0 aliphatic carbocycles. The van der Waals surface area contributed by atoms with Gasteiger partial charge in [-0.15, -0.1) is 0 Å². The molecule has 1 aliphatic heterocycles. The van der Waals surface area contributed by atoms with E-state index in [0.717, 1.165) is 12.3 Å². The third-order valence-electron chi connectivity index (χ3n) is 5.88.